The lowest BCUT2D eigenvalue weighted by Gasteiger charge is -2.32. The summed E-state index contributed by atoms with van der Waals surface area (Å²) >= 11 is 1.84. The first-order valence-electron chi connectivity index (χ1n) is 3.93. The summed E-state index contributed by atoms with van der Waals surface area (Å²) in [7, 11) is -0.554. The van der Waals surface area contributed by atoms with Gasteiger partial charge >= 0.3 is 0 Å². The van der Waals surface area contributed by atoms with Crippen LogP contribution < -0.4 is 0 Å². The van der Waals surface area contributed by atoms with Crippen LogP contribution in [0.3, 0.4) is 0 Å². The van der Waals surface area contributed by atoms with E-state index in [0.29, 0.717) is 11.3 Å². The Labute approximate surface area is 75.8 Å². The quantitative estimate of drug-likeness (QED) is 0.585. The van der Waals surface area contributed by atoms with E-state index >= 15 is 0 Å². The van der Waals surface area contributed by atoms with Gasteiger partial charge in [-0.25, -0.2) is 0 Å². The van der Waals surface area contributed by atoms with E-state index in [4.69, 9.17) is 0 Å². The van der Waals surface area contributed by atoms with E-state index in [1.54, 1.807) is 0 Å². The predicted molar refractivity (Wildman–Crippen MR) is 53.3 cm³/mol. The Bertz CT molecular complexity index is 160. The molecule has 1 rings (SSSR count). The summed E-state index contributed by atoms with van der Waals surface area (Å²) < 4.78 is 11.2. The van der Waals surface area contributed by atoms with E-state index in [-0.39, 0.29) is 0 Å². The van der Waals surface area contributed by atoms with Crippen LogP contribution in [0.2, 0.25) is 0 Å². The number of hydrogen-bond acceptors (Lipinski definition) is 2. The molecule has 0 radical (unpaired) electrons. The first-order chi connectivity index (χ1) is 5.00. The largest absolute Gasteiger partial charge is 0.259 e. The summed E-state index contributed by atoms with van der Waals surface area (Å²) in [5, 5.41) is 0.854. The van der Waals surface area contributed by atoms with E-state index in [1.807, 2.05) is 11.8 Å². The lowest BCUT2D eigenvalue weighted by Crippen LogP contribution is -2.31. The van der Waals surface area contributed by atoms with Crippen LogP contribution in [0.1, 0.15) is 20.8 Å². The van der Waals surface area contributed by atoms with E-state index in [2.05, 4.69) is 20.8 Å². The third-order valence-electron chi connectivity index (χ3n) is 2.15. The fraction of sp³-hybridized carbons (Fsp3) is 1.00. The first kappa shape index (κ1) is 9.59. The maximum Gasteiger partial charge on any atom is 0.0692 e. The number of thioether (sulfide) groups is 1. The molecule has 1 fully saturated rings. The van der Waals surface area contributed by atoms with Crippen molar-refractivity contribution in [1.82, 2.24) is 0 Å². The third-order valence-corrected chi connectivity index (χ3v) is 5.28. The molecule has 0 aromatic heterocycles. The van der Waals surface area contributed by atoms with Crippen LogP contribution in [0.5, 0.6) is 0 Å². The molecule has 1 aliphatic rings. The average Bonchev–Trinajstić information content (AvgIpc) is 1.86. The first-order valence-corrected chi connectivity index (χ1v) is 6.57. The summed E-state index contributed by atoms with van der Waals surface area (Å²) in [6, 6.07) is 0. The molecule has 3 heteroatoms. The van der Waals surface area contributed by atoms with Gasteiger partial charge in [0.2, 0.25) is 0 Å². The Morgan fingerprint density at radius 1 is 1.45 bits per heavy atom. The SMILES string of the molecule is CC(C)(C)[C@@H]1CSCS(=O)C1. The molecule has 0 N–H and O–H groups in total. The molecular formula is C8H16OS2. The van der Waals surface area contributed by atoms with Crippen LogP contribution in [0.25, 0.3) is 0 Å². The Balaban J connectivity index is 2.53. The Hall–Kier alpha value is 0.500. The second-order valence-electron chi connectivity index (χ2n) is 4.16. The molecule has 1 saturated heterocycles. The number of rotatable bonds is 0. The van der Waals surface area contributed by atoms with Crippen molar-refractivity contribution in [1.29, 1.82) is 0 Å². The van der Waals surface area contributed by atoms with Crippen LogP contribution in [0.4, 0.5) is 0 Å². The zero-order valence-electron chi connectivity index (χ0n) is 7.42. The standard InChI is InChI=1S/C8H16OS2/c1-8(2,3)7-4-10-6-11(9)5-7/h7H,4-6H2,1-3H3/t7-,11?/m1/s1. The Morgan fingerprint density at radius 3 is 2.45 bits per heavy atom. The predicted octanol–water partition coefficient (Wildman–Crippen LogP) is 2.10. The van der Waals surface area contributed by atoms with Crippen molar-refractivity contribution < 1.29 is 4.21 Å². The normalized spacial score (nSPS) is 33.7. The van der Waals surface area contributed by atoms with Gasteiger partial charge in [0.05, 0.1) is 5.08 Å². The molecule has 1 nitrogen and oxygen atoms in total. The average molecular weight is 192 g/mol. The van der Waals surface area contributed by atoms with Crippen LogP contribution in [0.15, 0.2) is 0 Å². The minimum Gasteiger partial charge on any atom is -0.259 e. The third kappa shape index (κ3) is 2.79. The smallest absolute Gasteiger partial charge is 0.0692 e. The molecule has 1 aliphatic heterocycles. The molecule has 0 saturated carbocycles. The van der Waals surface area contributed by atoms with Crippen LogP contribution in [0, 0.1) is 11.3 Å². The number of hydrogen-bond donors (Lipinski definition) is 0. The van der Waals surface area contributed by atoms with Gasteiger partial charge in [0.25, 0.3) is 0 Å². The van der Waals surface area contributed by atoms with Gasteiger partial charge in [-0.2, -0.15) is 0 Å². The highest BCUT2D eigenvalue weighted by atomic mass is 32.2. The van der Waals surface area contributed by atoms with Gasteiger partial charge in [-0.05, 0) is 17.1 Å². The molecule has 1 unspecified atom stereocenters. The van der Waals surface area contributed by atoms with Crippen LogP contribution >= 0.6 is 11.8 Å². The van der Waals surface area contributed by atoms with Crippen molar-refractivity contribution in [2.45, 2.75) is 20.8 Å². The lowest BCUT2D eigenvalue weighted by atomic mass is 9.83. The zero-order valence-corrected chi connectivity index (χ0v) is 9.06. The zero-order chi connectivity index (χ0) is 8.48. The Kier molecular flexibility index (Phi) is 3.03. The monoisotopic (exact) mass is 192 g/mol. The van der Waals surface area contributed by atoms with Crippen LogP contribution in [-0.2, 0) is 10.8 Å². The van der Waals surface area contributed by atoms with E-state index in [9.17, 15) is 4.21 Å². The molecule has 0 bridgehead atoms. The molecule has 1 heterocycles. The maximum absolute atomic E-state index is 11.2. The summed E-state index contributed by atoms with van der Waals surface area (Å²) in [6.45, 7) is 6.71. The van der Waals surface area contributed by atoms with Crippen molar-refractivity contribution in [3.63, 3.8) is 0 Å². The molecule has 0 spiro atoms. The molecule has 0 aromatic rings. The second-order valence-corrected chi connectivity index (χ2v) is 7.06. The van der Waals surface area contributed by atoms with Crippen molar-refractivity contribution >= 4 is 22.6 Å². The van der Waals surface area contributed by atoms with Crippen molar-refractivity contribution in [2.24, 2.45) is 11.3 Å². The fourth-order valence-electron chi connectivity index (χ4n) is 1.10. The summed E-state index contributed by atoms with van der Waals surface area (Å²) in [5.74, 6) is 2.74. The van der Waals surface area contributed by atoms with Gasteiger partial charge in [-0.3, -0.25) is 4.21 Å². The highest BCUT2D eigenvalue weighted by Gasteiger charge is 2.29. The maximum atomic E-state index is 11.2. The van der Waals surface area contributed by atoms with Gasteiger partial charge in [0.1, 0.15) is 0 Å². The lowest BCUT2D eigenvalue weighted by molar-refractivity contribution is 0.291. The van der Waals surface area contributed by atoms with Crippen molar-refractivity contribution in [3.05, 3.63) is 0 Å². The topological polar surface area (TPSA) is 17.1 Å². The van der Waals surface area contributed by atoms with E-state index in [1.165, 1.54) is 5.75 Å². The summed E-state index contributed by atoms with van der Waals surface area (Å²) in [4.78, 5) is 0. The fourth-order valence-corrected chi connectivity index (χ4v) is 4.74. The van der Waals surface area contributed by atoms with Crippen LogP contribution in [-0.4, -0.2) is 20.8 Å². The van der Waals surface area contributed by atoms with Crippen molar-refractivity contribution in [3.8, 4) is 0 Å². The highest BCUT2D eigenvalue weighted by Crippen LogP contribution is 2.33. The molecule has 66 valence electrons. The molecule has 11 heavy (non-hydrogen) atoms. The van der Waals surface area contributed by atoms with Gasteiger partial charge in [0, 0.05) is 16.6 Å². The van der Waals surface area contributed by atoms with Gasteiger partial charge in [0.15, 0.2) is 0 Å². The van der Waals surface area contributed by atoms with Gasteiger partial charge in [-0.15, -0.1) is 11.8 Å². The van der Waals surface area contributed by atoms with Crippen molar-refractivity contribution in [2.75, 3.05) is 16.6 Å². The second kappa shape index (κ2) is 3.48. The highest BCUT2D eigenvalue weighted by molar-refractivity contribution is 8.10. The molecule has 0 aliphatic carbocycles. The Morgan fingerprint density at radius 2 is 2.09 bits per heavy atom. The summed E-state index contributed by atoms with van der Waals surface area (Å²) in [5.41, 5.74) is 0.336. The molecule has 0 amide bonds. The summed E-state index contributed by atoms with van der Waals surface area (Å²) in [6.07, 6.45) is 0. The molecule has 0 aromatic carbocycles. The minimum atomic E-state index is -0.554. The molecule has 2 atom stereocenters. The minimum absolute atomic E-state index is 0.336. The van der Waals surface area contributed by atoms with Gasteiger partial charge in [-0.1, -0.05) is 20.8 Å². The van der Waals surface area contributed by atoms with E-state index < -0.39 is 10.8 Å². The van der Waals surface area contributed by atoms with E-state index in [0.717, 1.165) is 10.8 Å². The van der Waals surface area contributed by atoms with Gasteiger partial charge < -0.3 is 0 Å². The molecular weight excluding hydrogens is 176 g/mol.